The van der Waals surface area contributed by atoms with E-state index in [9.17, 15) is 9.59 Å². The fraction of sp³-hybridized carbons (Fsp3) is 0.105. The number of carbonyl (C=O) groups excluding carboxylic acids is 2. The molecule has 6 heteroatoms. The molecule has 126 valence electrons. The number of anilines is 1. The van der Waals surface area contributed by atoms with E-state index in [2.05, 4.69) is 15.6 Å². The van der Waals surface area contributed by atoms with E-state index in [0.717, 1.165) is 5.56 Å². The van der Waals surface area contributed by atoms with Crippen LogP contribution in [0.3, 0.4) is 0 Å². The van der Waals surface area contributed by atoms with Crippen molar-refractivity contribution in [1.82, 2.24) is 10.3 Å². The highest BCUT2D eigenvalue weighted by atomic mass is 16.4. The summed E-state index contributed by atoms with van der Waals surface area (Å²) in [4.78, 5) is 28.5. The van der Waals surface area contributed by atoms with Crippen LogP contribution in [-0.2, 0) is 0 Å². The zero-order valence-electron chi connectivity index (χ0n) is 13.6. The summed E-state index contributed by atoms with van der Waals surface area (Å²) in [5.41, 5.74) is 1.76. The lowest BCUT2D eigenvalue weighted by Crippen LogP contribution is -2.27. The summed E-state index contributed by atoms with van der Waals surface area (Å²) in [5, 5.41) is 5.45. The van der Waals surface area contributed by atoms with Gasteiger partial charge in [0.25, 0.3) is 11.8 Å². The summed E-state index contributed by atoms with van der Waals surface area (Å²) in [6.45, 7) is 1.91. The van der Waals surface area contributed by atoms with Gasteiger partial charge in [-0.1, -0.05) is 36.4 Å². The average molecular weight is 335 g/mol. The van der Waals surface area contributed by atoms with Gasteiger partial charge < -0.3 is 9.73 Å². The van der Waals surface area contributed by atoms with Gasteiger partial charge in [-0.05, 0) is 30.7 Å². The first kappa shape index (κ1) is 16.4. The topological polar surface area (TPSA) is 84.2 Å². The number of amides is 2. The highest BCUT2D eigenvalue weighted by Gasteiger charge is 2.14. The third-order valence-corrected chi connectivity index (χ3v) is 3.69. The maximum Gasteiger partial charge on any atom is 0.301 e. The van der Waals surface area contributed by atoms with Crippen LogP contribution in [0.25, 0.3) is 0 Å². The fourth-order valence-corrected chi connectivity index (χ4v) is 2.36. The van der Waals surface area contributed by atoms with Crippen molar-refractivity contribution in [3.05, 3.63) is 83.7 Å². The molecule has 0 fully saturated rings. The number of carbonyl (C=O) groups is 2. The Morgan fingerprint density at radius 3 is 2.40 bits per heavy atom. The second kappa shape index (κ2) is 7.44. The third kappa shape index (κ3) is 4.11. The van der Waals surface area contributed by atoms with Crippen LogP contribution in [0.4, 0.5) is 6.01 Å². The van der Waals surface area contributed by atoms with Crippen LogP contribution in [0.2, 0.25) is 0 Å². The van der Waals surface area contributed by atoms with Crippen molar-refractivity contribution in [1.29, 1.82) is 0 Å². The first-order chi connectivity index (χ1) is 12.1. The normalized spacial score (nSPS) is 11.6. The molecule has 0 saturated carbocycles. The Kier molecular flexibility index (Phi) is 4.89. The van der Waals surface area contributed by atoms with Gasteiger partial charge in [0.1, 0.15) is 6.26 Å². The molecule has 3 rings (SSSR count). The van der Waals surface area contributed by atoms with E-state index in [1.807, 2.05) is 37.3 Å². The fourth-order valence-electron chi connectivity index (χ4n) is 2.36. The number of nitrogens with zero attached hydrogens (tertiary/aromatic N) is 1. The van der Waals surface area contributed by atoms with E-state index in [1.165, 1.54) is 18.5 Å². The highest BCUT2D eigenvalue weighted by molar-refractivity contribution is 6.05. The van der Waals surface area contributed by atoms with E-state index in [1.54, 1.807) is 18.2 Å². The molecule has 6 nitrogen and oxygen atoms in total. The van der Waals surface area contributed by atoms with Crippen LogP contribution in [0.1, 0.15) is 39.2 Å². The van der Waals surface area contributed by atoms with Crippen molar-refractivity contribution in [3.63, 3.8) is 0 Å². The minimum absolute atomic E-state index is 0.109. The number of hydrogen-bond donors (Lipinski definition) is 2. The molecule has 2 aromatic carbocycles. The highest BCUT2D eigenvalue weighted by Crippen LogP contribution is 2.14. The summed E-state index contributed by atoms with van der Waals surface area (Å²) in [7, 11) is 0. The molecule has 1 heterocycles. The van der Waals surface area contributed by atoms with E-state index < -0.39 is 5.91 Å². The van der Waals surface area contributed by atoms with Crippen molar-refractivity contribution in [2.45, 2.75) is 13.0 Å². The Hall–Kier alpha value is -3.41. The van der Waals surface area contributed by atoms with Crippen LogP contribution in [0.15, 0.2) is 71.5 Å². The van der Waals surface area contributed by atoms with E-state index in [0.29, 0.717) is 11.1 Å². The summed E-state index contributed by atoms with van der Waals surface area (Å²) < 4.78 is 4.98. The molecule has 0 bridgehead atoms. The minimum atomic E-state index is -0.395. The number of hydrogen-bond acceptors (Lipinski definition) is 4. The van der Waals surface area contributed by atoms with Crippen LogP contribution in [0.5, 0.6) is 0 Å². The summed E-state index contributed by atoms with van der Waals surface area (Å²) in [6, 6.07) is 16.1. The van der Waals surface area contributed by atoms with E-state index in [-0.39, 0.29) is 18.0 Å². The largest absolute Gasteiger partial charge is 0.432 e. The summed E-state index contributed by atoms with van der Waals surface area (Å²) in [5.74, 6) is -0.643. The molecule has 0 unspecified atom stereocenters. The van der Waals surface area contributed by atoms with Crippen molar-refractivity contribution >= 4 is 17.8 Å². The van der Waals surface area contributed by atoms with Gasteiger partial charge in [-0.15, -0.1) is 0 Å². The van der Waals surface area contributed by atoms with Gasteiger partial charge in [0.05, 0.1) is 12.2 Å². The molecule has 0 aliphatic carbocycles. The lowest BCUT2D eigenvalue weighted by molar-refractivity contribution is 0.0940. The molecule has 1 aromatic heterocycles. The van der Waals surface area contributed by atoms with Crippen molar-refractivity contribution in [2.24, 2.45) is 0 Å². The summed E-state index contributed by atoms with van der Waals surface area (Å²) in [6.07, 6.45) is 2.80. The Labute approximate surface area is 144 Å². The molecule has 0 saturated heterocycles. The molecule has 0 spiro atoms. The average Bonchev–Trinajstić information content (AvgIpc) is 3.15. The predicted molar refractivity (Wildman–Crippen MR) is 93.2 cm³/mol. The zero-order chi connectivity index (χ0) is 17.6. The van der Waals surface area contributed by atoms with Crippen molar-refractivity contribution in [2.75, 3.05) is 5.32 Å². The lowest BCUT2D eigenvalue weighted by Gasteiger charge is -2.14. The number of aromatic nitrogens is 1. The molecule has 0 aliphatic heterocycles. The molecule has 0 aliphatic rings. The number of oxazole rings is 1. The second-order valence-electron chi connectivity index (χ2n) is 5.48. The van der Waals surface area contributed by atoms with Gasteiger partial charge in [-0.3, -0.25) is 14.9 Å². The number of benzene rings is 2. The minimum Gasteiger partial charge on any atom is -0.432 e. The first-order valence-electron chi connectivity index (χ1n) is 7.80. The van der Waals surface area contributed by atoms with Crippen molar-refractivity contribution in [3.8, 4) is 0 Å². The maximum atomic E-state index is 12.4. The van der Waals surface area contributed by atoms with Crippen LogP contribution < -0.4 is 10.6 Å². The van der Waals surface area contributed by atoms with Gasteiger partial charge in [-0.2, -0.15) is 0 Å². The van der Waals surface area contributed by atoms with Gasteiger partial charge in [0.2, 0.25) is 0 Å². The second-order valence-corrected chi connectivity index (χ2v) is 5.48. The summed E-state index contributed by atoms with van der Waals surface area (Å²) >= 11 is 0. The molecular formula is C19H17N3O3. The third-order valence-electron chi connectivity index (χ3n) is 3.69. The predicted octanol–water partition coefficient (Wildman–Crippen LogP) is 3.42. The monoisotopic (exact) mass is 335 g/mol. The zero-order valence-corrected chi connectivity index (χ0v) is 13.6. The Morgan fingerprint density at radius 1 is 1.00 bits per heavy atom. The Balaban J connectivity index is 1.70. The Bertz CT molecular complexity index is 861. The molecule has 2 N–H and O–H groups in total. The number of rotatable bonds is 5. The lowest BCUT2D eigenvalue weighted by atomic mass is 10.1. The molecular weight excluding hydrogens is 318 g/mol. The quantitative estimate of drug-likeness (QED) is 0.748. The Morgan fingerprint density at radius 2 is 1.72 bits per heavy atom. The number of nitrogens with one attached hydrogen (secondary N) is 2. The van der Waals surface area contributed by atoms with Crippen molar-refractivity contribution < 1.29 is 14.0 Å². The smallest absolute Gasteiger partial charge is 0.301 e. The molecule has 1 atom stereocenters. The van der Waals surface area contributed by atoms with Gasteiger partial charge in [-0.25, -0.2) is 4.98 Å². The first-order valence-corrected chi connectivity index (χ1v) is 7.80. The van der Waals surface area contributed by atoms with Gasteiger partial charge in [0, 0.05) is 11.1 Å². The van der Waals surface area contributed by atoms with Crippen LogP contribution >= 0.6 is 0 Å². The molecule has 25 heavy (non-hydrogen) atoms. The van der Waals surface area contributed by atoms with Gasteiger partial charge in [0.15, 0.2) is 0 Å². The van der Waals surface area contributed by atoms with E-state index in [4.69, 9.17) is 4.42 Å². The van der Waals surface area contributed by atoms with Crippen LogP contribution in [0, 0.1) is 0 Å². The van der Waals surface area contributed by atoms with Gasteiger partial charge >= 0.3 is 6.01 Å². The molecule has 0 radical (unpaired) electrons. The molecule has 2 amide bonds. The SMILES string of the molecule is C[C@@H](NC(=O)c1cccc(C(=O)Nc2ncco2)c1)c1ccccc1. The maximum absolute atomic E-state index is 12.4. The molecule has 3 aromatic rings. The van der Waals surface area contributed by atoms with Crippen LogP contribution in [-0.4, -0.2) is 16.8 Å². The standard InChI is InChI=1S/C19H17N3O3/c1-13(14-6-3-2-4-7-14)21-17(23)15-8-5-9-16(12-15)18(24)22-19-20-10-11-25-19/h2-13H,1H3,(H,21,23)(H,20,22,24)/t13-/m1/s1. The van der Waals surface area contributed by atoms with E-state index >= 15 is 0 Å².